The van der Waals surface area contributed by atoms with Gasteiger partial charge in [-0.15, -0.1) is 0 Å². The molecule has 4 rings (SSSR count). The highest BCUT2D eigenvalue weighted by Gasteiger charge is 2.58. The van der Waals surface area contributed by atoms with Crippen molar-refractivity contribution < 1.29 is 19.1 Å². The molecular weight excluding hydrogens is 358 g/mol. The standard InChI is InChI=1S/C21H29N3O4/c1-15(2)17-5-3-4-6-18(17)22-20(26)24-11-16-12-28-14-21(16,13-24)19(25)23-7-9-27-10-8-23/h3-6,15-16H,7-14H2,1-2H3,(H,22,26)/t16-,21-/m1/s1. The van der Waals surface area contributed by atoms with Gasteiger partial charge in [-0.05, 0) is 17.5 Å². The minimum atomic E-state index is -0.619. The summed E-state index contributed by atoms with van der Waals surface area (Å²) < 4.78 is 11.1. The van der Waals surface area contributed by atoms with Crippen molar-refractivity contribution in [1.29, 1.82) is 0 Å². The number of nitrogens with one attached hydrogen (secondary N) is 1. The van der Waals surface area contributed by atoms with Crippen LogP contribution in [0.25, 0.3) is 0 Å². The van der Waals surface area contributed by atoms with Gasteiger partial charge in [0.25, 0.3) is 0 Å². The molecule has 0 saturated carbocycles. The lowest BCUT2D eigenvalue weighted by molar-refractivity contribution is -0.146. The van der Waals surface area contributed by atoms with Gasteiger partial charge in [0.1, 0.15) is 0 Å². The maximum Gasteiger partial charge on any atom is 0.321 e. The number of carbonyl (C=O) groups excluding carboxylic acids is 2. The van der Waals surface area contributed by atoms with Gasteiger partial charge in [-0.2, -0.15) is 0 Å². The number of anilines is 1. The van der Waals surface area contributed by atoms with Gasteiger partial charge in [0, 0.05) is 37.8 Å². The molecule has 28 heavy (non-hydrogen) atoms. The van der Waals surface area contributed by atoms with E-state index in [-0.39, 0.29) is 17.9 Å². The van der Waals surface area contributed by atoms with Crippen molar-refractivity contribution in [2.24, 2.45) is 11.3 Å². The second-order valence-electron chi connectivity index (χ2n) is 8.33. The largest absolute Gasteiger partial charge is 0.380 e. The lowest BCUT2D eigenvalue weighted by Crippen LogP contribution is -2.52. The molecule has 3 amide bonds. The Morgan fingerprint density at radius 1 is 1.14 bits per heavy atom. The Morgan fingerprint density at radius 3 is 2.64 bits per heavy atom. The summed E-state index contributed by atoms with van der Waals surface area (Å²) in [5.41, 5.74) is 1.33. The number of carbonyl (C=O) groups is 2. The van der Waals surface area contributed by atoms with Crippen molar-refractivity contribution in [2.45, 2.75) is 19.8 Å². The number of amides is 3. The predicted octanol–water partition coefficient (Wildman–Crippen LogP) is 2.15. The van der Waals surface area contributed by atoms with E-state index in [0.29, 0.717) is 58.5 Å². The van der Waals surface area contributed by atoms with Gasteiger partial charge in [0.2, 0.25) is 5.91 Å². The van der Waals surface area contributed by atoms with Crippen molar-refractivity contribution in [3.05, 3.63) is 29.8 Å². The van der Waals surface area contributed by atoms with E-state index in [4.69, 9.17) is 9.47 Å². The number of nitrogens with zero attached hydrogens (tertiary/aromatic N) is 2. The molecule has 3 aliphatic rings. The zero-order valence-corrected chi connectivity index (χ0v) is 16.6. The fourth-order valence-electron chi connectivity index (χ4n) is 4.58. The Balaban J connectivity index is 1.49. The Morgan fingerprint density at radius 2 is 1.89 bits per heavy atom. The van der Waals surface area contributed by atoms with E-state index in [1.165, 1.54) is 0 Å². The molecule has 0 radical (unpaired) electrons. The fraction of sp³-hybridized carbons (Fsp3) is 0.619. The van der Waals surface area contributed by atoms with Gasteiger partial charge < -0.3 is 24.6 Å². The summed E-state index contributed by atoms with van der Waals surface area (Å²) in [5.74, 6) is 0.474. The summed E-state index contributed by atoms with van der Waals surface area (Å²) in [6.07, 6.45) is 0. The molecule has 152 valence electrons. The molecule has 1 aromatic rings. The monoisotopic (exact) mass is 387 g/mol. The molecule has 1 aromatic carbocycles. The minimum Gasteiger partial charge on any atom is -0.380 e. The van der Waals surface area contributed by atoms with Gasteiger partial charge in [0.05, 0.1) is 31.8 Å². The minimum absolute atomic E-state index is 0.0499. The summed E-state index contributed by atoms with van der Waals surface area (Å²) in [7, 11) is 0. The molecule has 3 fully saturated rings. The van der Waals surface area contributed by atoms with Gasteiger partial charge in [-0.1, -0.05) is 32.0 Å². The number of para-hydroxylation sites is 1. The van der Waals surface area contributed by atoms with Crippen LogP contribution in [0.5, 0.6) is 0 Å². The maximum absolute atomic E-state index is 13.3. The molecule has 0 aliphatic carbocycles. The van der Waals surface area contributed by atoms with E-state index in [1.54, 1.807) is 4.90 Å². The molecule has 3 saturated heterocycles. The lowest BCUT2D eigenvalue weighted by atomic mass is 9.79. The molecule has 7 nitrogen and oxygen atoms in total. The summed E-state index contributed by atoms with van der Waals surface area (Å²) in [6, 6.07) is 7.74. The number of ether oxygens (including phenoxy) is 2. The van der Waals surface area contributed by atoms with Gasteiger partial charge in [0.15, 0.2) is 0 Å². The zero-order chi connectivity index (χ0) is 19.7. The first-order chi connectivity index (χ1) is 13.5. The van der Waals surface area contributed by atoms with Crippen LogP contribution < -0.4 is 5.32 Å². The van der Waals surface area contributed by atoms with Crippen LogP contribution in [-0.2, 0) is 14.3 Å². The smallest absolute Gasteiger partial charge is 0.321 e. The molecule has 3 aliphatic heterocycles. The molecule has 0 aromatic heterocycles. The Kier molecular flexibility index (Phi) is 5.29. The molecule has 0 spiro atoms. The predicted molar refractivity (Wildman–Crippen MR) is 105 cm³/mol. The summed E-state index contributed by atoms with van der Waals surface area (Å²) in [6.45, 7) is 8.46. The summed E-state index contributed by atoms with van der Waals surface area (Å²) in [5, 5.41) is 3.06. The third-order valence-electron chi connectivity index (χ3n) is 6.21. The topological polar surface area (TPSA) is 71.1 Å². The highest BCUT2D eigenvalue weighted by Crippen LogP contribution is 2.43. The van der Waals surface area contributed by atoms with Crippen molar-refractivity contribution in [3.63, 3.8) is 0 Å². The third-order valence-corrected chi connectivity index (χ3v) is 6.21. The first kappa shape index (κ1) is 19.2. The third kappa shape index (κ3) is 3.37. The van der Waals surface area contributed by atoms with Crippen LogP contribution in [0.1, 0.15) is 25.3 Å². The highest BCUT2D eigenvalue weighted by atomic mass is 16.5. The Hall–Kier alpha value is -2.12. The van der Waals surface area contributed by atoms with Gasteiger partial charge in [-0.25, -0.2) is 4.79 Å². The van der Waals surface area contributed by atoms with Crippen LogP contribution in [0.3, 0.4) is 0 Å². The van der Waals surface area contributed by atoms with Crippen molar-refractivity contribution >= 4 is 17.6 Å². The maximum atomic E-state index is 13.3. The van der Waals surface area contributed by atoms with Crippen LogP contribution in [0.2, 0.25) is 0 Å². The number of hydrogen-bond acceptors (Lipinski definition) is 4. The number of morpholine rings is 1. The number of fused-ring (bicyclic) bond motifs is 1. The van der Waals surface area contributed by atoms with E-state index in [2.05, 4.69) is 19.2 Å². The van der Waals surface area contributed by atoms with E-state index in [0.717, 1.165) is 11.3 Å². The average Bonchev–Trinajstić information content (AvgIpc) is 3.27. The van der Waals surface area contributed by atoms with E-state index >= 15 is 0 Å². The van der Waals surface area contributed by atoms with E-state index in [9.17, 15) is 9.59 Å². The van der Waals surface area contributed by atoms with Crippen LogP contribution in [0.4, 0.5) is 10.5 Å². The first-order valence-electron chi connectivity index (χ1n) is 10.1. The van der Waals surface area contributed by atoms with E-state index in [1.807, 2.05) is 29.2 Å². The molecule has 7 heteroatoms. The molecule has 0 bridgehead atoms. The highest BCUT2D eigenvalue weighted by molar-refractivity contribution is 5.92. The lowest BCUT2D eigenvalue weighted by Gasteiger charge is -2.35. The van der Waals surface area contributed by atoms with Crippen LogP contribution >= 0.6 is 0 Å². The van der Waals surface area contributed by atoms with Crippen LogP contribution in [-0.4, -0.2) is 74.3 Å². The number of benzene rings is 1. The molecule has 3 heterocycles. The van der Waals surface area contributed by atoms with Crippen LogP contribution in [0, 0.1) is 11.3 Å². The van der Waals surface area contributed by atoms with Crippen molar-refractivity contribution in [3.8, 4) is 0 Å². The van der Waals surface area contributed by atoms with E-state index < -0.39 is 5.41 Å². The SMILES string of the molecule is CC(C)c1ccccc1NC(=O)N1C[C@@H]2COC[C@]2(C(=O)N2CCOCC2)C1. The average molecular weight is 387 g/mol. The number of hydrogen-bond donors (Lipinski definition) is 1. The summed E-state index contributed by atoms with van der Waals surface area (Å²) >= 11 is 0. The zero-order valence-electron chi connectivity index (χ0n) is 16.6. The van der Waals surface area contributed by atoms with Gasteiger partial charge >= 0.3 is 6.03 Å². The fourth-order valence-corrected chi connectivity index (χ4v) is 4.58. The molecule has 0 unspecified atom stereocenters. The molecule has 1 N–H and O–H groups in total. The number of likely N-dealkylation sites (tertiary alicyclic amines) is 1. The number of urea groups is 1. The second kappa shape index (κ2) is 7.72. The van der Waals surface area contributed by atoms with Gasteiger partial charge in [-0.3, -0.25) is 4.79 Å². The molecule has 2 atom stereocenters. The van der Waals surface area contributed by atoms with Crippen molar-refractivity contribution in [1.82, 2.24) is 9.80 Å². The summed E-state index contributed by atoms with van der Waals surface area (Å²) in [4.78, 5) is 30.0. The quantitative estimate of drug-likeness (QED) is 0.863. The van der Waals surface area contributed by atoms with Crippen LogP contribution in [0.15, 0.2) is 24.3 Å². The molecular formula is C21H29N3O4. The Bertz CT molecular complexity index is 747. The Labute approximate surface area is 166 Å². The van der Waals surface area contributed by atoms with Crippen molar-refractivity contribution in [2.75, 3.05) is 57.9 Å². The second-order valence-corrected chi connectivity index (χ2v) is 8.33. The first-order valence-corrected chi connectivity index (χ1v) is 10.1. The normalized spacial score (nSPS) is 27.2. The number of rotatable bonds is 3.